The maximum Gasteiger partial charge on any atom is 0.252 e. The van der Waals surface area contributed by atoms with Gasteiger partial charge in [0.15, 0.2) is 0 Å². The summed E-state index contributed by atoms with van der Waals surface area (Å²) < 4.78 is 29.0. The summed E-state index contributed by atoms with van der Waals surface area (Å²) in [5.74, 6) is -0.506. The highest BCUT2D eigenvalue weighted by molar-refractivity contribution is 7.91. The average Bonchev–Trinajstić information content (AvgIpc) is 3.62. The second kappa shape index (κ2) is 9.62. The first-order valence-electron chi connectivity index (χ1n) is 11.9. The van der Waals surface area contributed by atoms with Crippen molar-refractivity contribution in [3.05, 3.63) is 52.2 Å². The van der Waals surface area contributed by atoms with Gasteiger partial charge < -0.3 is 10.2 Å². The second-order valence-corrected chi connectivity index (χ2v) is 14.6. The van der Waals surface area contributed by atoms with E-state index in [1.165, 1.54) is 26.1 Å². The largest absolute Gasteiger partial charge is 0.317 e. The molecular weight excluding hydrogens is 533 g/mol. The van der Waals surface area contributed by atoms with E-state index in [4.69, 9.17) is 4.98 Å². The van der Waals surface area contributed by atoms with E-state index in [1.54, 1.807) is 40.2 Å². The lowest BCUT2D eigenvalue weighted by atomic mass is 9.98. The van der Waals surface area contributed by atoms with Gasteiger partial charge in [0, 0.05) is 36.6 Å². The van der Waals surface area contributed by atoms with Crippen molar-refractivity contribution in [2.24, 2.45) is 5.92 Å². The Morgan fingerprint density at radius 1 is 1.14 bits per heavy atom. The van der Waals surface area contributed by atoms with Gasteiger partial charge in [-0.15, -0.1) is 34.0 Å². The zero-order valence-electron chi connectivity index (χ0n) is 19.8. The molecule has 188 valence electrons. The number of aromatic nitrogens is 1. The molecule has 0 radical (unpaired) electrons. The fourth-order valence-corrected chi connectivity index (χ4v) is 10.1. The Bertz CT molecular complexity index is 1490. The van der Waals surface area contributed by atoms with Gasteiger partial charge in [0.05, 0.1) is 16.1 Å². The Morgan fingerprint density at radius 2 is 2.00 bits per heavy atom. The number of piperidine rings is 1. The average molecular weight is 559 g/mol. The predicted molar refractivity (Wildman–Crippen MR) is 147 cm³/mol. The van der Waals surface area contributed by atoms with Gasteiger partial charge in [-0.2, -0.15) is 4.31 Å². The van der Waals surface area contributed by atoms with Crippen molar-refractivity contribution in [3.8, 4) is 10.6 Å². The molecule has 1 unspecified atom stereocenters. The fourth-order valence-electron chi connectivity index (χ4n) is 4.95. The number of thiophene rings is 2. The Kier molecular flexibility index (Phi) is 6.47. The number of fused-ring (bicyclic) bond motifs is 2. The zero-order valence-corrected chi connectivity index (χ0v) is 23.0. The van der Waals surface area contributed by atoms with E-state index in [2.05, 4.69) is 23.3 Å². The molecule has 2 aliphatic rings. The summed E-state index contributed by atoms with van der Waals surface area (Å²) in [6, 6.07) is 11.5. The highest BCUT2D eigenvalue weighted by atomic mass is 32.2. The van der Waals surface area contributed by atoms with Crippen LogP contribution in [-0.2, 0) is 27.8 Å². The van der Waals surface area contributed by atoms with Gasteiger partial charge in [-0.3, -0.25) is 4.79 Å². The molecule has 1 amide bonds. The van der Waals surface area contributed by atoms with Crippen LogP contribution >= 0.6 is 34.0 Å². The standard InChI is InChI=1S/C25H26N4O3S4/c1-28-12-10-17-20(15-28)35-25(22(17)24-26-18-7-2-3-8-19(18)34-24)27-23(30)16-6-4-11-29(14-16)36(31,32)21-9-5-13-33-21/h2-3,5,7-9,13,16H,4,6,10-12,14-15H2,1H3,(H,27,30). The molecule has 1 aromatic carbocycles. The molecule has 6 rings (SSSR count). The molecule has 0 saturated carbocycles. The summed E-state index contributed by atoms with van der Waals surface area (Å²) in [6.45, 7) is 2.47. The number of rotatable bonds is 5. The number of hydrogen-bond acceptors (Lipinski definition) is 8. The molecule has 11 heteroatoms. The molecular formula is C25H26N4O3S4. The normalized spacial score (nSPS) is 19.4. The summed E-state index contributed by atoms with van der Waals surface area (Å²) in [4.78, 5) is 22.0. The van der Waals surface area contributed by atoms with Gasteiger partial charge in [0.25, 0.3) is 10.0 Å². The molecule has 1 saturated heterocycles. The zero-order chi connectivity index (χ0) is 24.9. The van der Waals surface area contributed by atoms with Crippen LogP contribution in [0.1, 0.15) is 23.3 Å². The van der Waals surface area contributed by atoms with Crippen LogP contribution in [0, 0.1) is 5.92 Å². The molecule has 1 atom stereocenters. The van der Waals surface area contributed by atoms with Gasteiger partial charge in [-0.25, -0.2) is 13.4 Å². The van der Waals surface area contributed by atoms with Crippen LogP contribution in [0.15, 0.2) is 46.0 Å². The minimum Gasteiger partial charge on any atom is -0.317 e. The Labute approximate surface area is 222 Å². The summed E-state index contributed by atoms with van der Waals surface area (Å²) in [7, 11) is -1.46. The van der Waals surface area contributed by atoms with Gasteiger partial charge in [-0.05, 0) is 55.5 Å². The van der Waals surface area contributed by atoms with E-state index in [9.17, 15) is 13.2 Å². The number of benzene rings is 1. The highest BCUT2D eigenvalue weighted by Gasteiger charge is 2.35. The smallest absolute Gasteiger partial charge is 0.252 e. The van der Waals surface area contributed by atoms with Crippen LogP contribution in [0.25, 0.3) is 20.8 Å². The lowest BCUT2D eigenvalue weighted by Gasteiger charge is -2.30. The quantitative estimate of drug-likeness (QED) is 0.368. The maximum absolute atomic E-state index is 13.5. The topological polar surface area (TPSA) is 82.6 Å². The summed E-state index contributed by atoms with van der Waals surface area (Å²) >= 11 is 4.50. The molecule has 4 aromatic rings. The number of thiazole rings is 1. The van der Waals surface area contributed by atoms with Crippen LogP contribution < -0.4 is 5.32 Å². The van der Waals surface area contributed by atoms with Crippen LogP contribution in [-0.4, -0.2) is 55.2 Å². The third kappa shape index (κ3) is 4.42. The number of hydrogen-bond donors (Lipinski definition) is 1. The molecule has 7 nitrogen and oxygen atoms in total. The number of carbonyl (C=O) groups is 1. The van der Waals surface area contributed by atoms with E-state index in [1.807, 2.05) is 18.2 Å². The molecule has 0 spiro atoms. The molecule has 1 N–H and O–H groups in total. The van der Waals surface area contributed by atoms with Crippen molar-refractivity contribution in [2.75, 3.05) is 32.0 Å². The first-order valence-corrected chi connectivity index (χ1v) is 15.9. The lowest BCUT2D eigenvalue weighted by molar-refractivity contribution is -0.120. The van der Waals surface area contributed by atoms with E-state index in [-0.39, 0.29) is 12.5 Å². The molecule has 1 fully saturated rings. The van der Waals surface area contributed by atoms with Crippen LogP contribution in [0.5, 0.6) is 0 Å². The van der Waals surface area contributed by atoms with E-state index >= 15 is 0 Å². The number of amides is 1. The van der Waals surface area contributed by atoms with Crippen LogP contribution in [0.3, 0.4) is 0 Å². The monoisotopic (exact) mass is 558 g/mol. The third-order valence-electron chi connectivity index (χ3n) is 6.84. The Hall–Kier alpha value is -2.15. The number of likely N-dealkylation sites (N-methyl/N-ethyl adjacent to an activating group) is 1. The maximum atomic E-state index is 13.5. The fraction of sp³-hybridized carbons (Fsp3) is 0.360. The lowest BCUT2D eigenvalue weighted by Crippen LogP contribution is -2.43. The van der Waals surface area contributed by atoms with Crippen molar-refractivity contribution >= 4 is 65.2 Å². The second-order valence-electron chi connectivity index (χ2n) is 9.31. The SMILES string of the molecule is CN1CCc2c(sc(NC(=O)C3CCCN(S(=O)(=O)c4cccs4)C3)c2-c2nc3ccccc3s2)C1. The Balaban J connectivity index is 1.30. The summed E-state index contributed by atoms with van der Waals surface area (Å²) in [6.07, 6.45) is 2.26. The van der Waals surface area contributed by atoms with Crippen molar-refractivity contribution in [1.29, 1.82) is 0 Å². The number of para-hydroxylation sites is 1. The number of anilines is 1. The van der Waals surface area contributed by atoms with E-state index < -0.39 is 15.9 Å². The van der Waals surface area contributed by atoms with Gasteiger partial charge in [0.1, 0.15) is 14.2 Å². The predicted octanol–water partition coefficient (Wildman–Crippen LogP) is 5.11. The molecule has 5 heterocycles. The first-order chi connectivity index (χ1) is 17.4. The van der Waals surface area contributed by atoms with Gasteiger partial charge >= 0.3 is 0 Å². The third-order valence-corrected chi connectivity index (χ3v) is 12.3. The first kappa shape index (κ1) is 24.2. The number of sulfonamides is 1. The van der Waals surface area contributed by atoms with Gasteiger partial charge in [-0.1, -0.05) is 18.2 Å². The van der Waals surface area contributed by atoms with Crippen molar-refractivity contribution in [2.45, 2.75) is 30.0 Å². The number of nitrogens with zero attached hydrogens (tertiary/aromatic N) is 3. The van der Waals surface area contributed by atoms with Crippen molar-refractivity contribution in [3.63, 3.8) is 0 Å². The molecule has 0 aliphatic carbocycles. The van der Waals surface area contributed by atoms with Gasteiger partial charge in [0.2, 0.25) is 5.91 Å². The summed E-state index contributed by atoms with van der Waals surface area (Å²) in [5, 5.41) is 6.74. The summed E-state index contributed by atoms with van der Waals surface area (Å²) in [5.41, 5.74) is 3.28. The van der Waals surface area contributed by atoms with Crippen molar-refractivity contribution in [1.82, 2.24) is 14.2 Å². The van der Waals surface area contributed by atoms with Crippen molar-refractivity contribution < 1.29 is 13.2 Å². The van der Waals surface area contributed by atoms with E-state index in [0.29, 0.717) is 23.6 Å². The van der Waals surface area contributed by atoms with Crippen LogP contribution in [0.2, 0.25) is 0 Å². The highest BCUT2D eigenvalue weighted by Crippen LogP contribution is 2.45. The van der Waals surface area contributed by atoms with Crippen LogP contribution in [0.4, 0.5) is 5.00 Å². The molecule has 2 aliphatic heterocycles. The molecule has 0 bridgehead atoms. The molecule has 3 aromatic heterocycles. The number of nitrogens with one attached hydrogen (secondary N) is 1. The minimum atomic E-state index is -3.57. The minimum absolute atomic E-state index is 0.115. The number of carbonyl (C=O) groups excluding carboxylic acids is 1. The Morgan fingerprint density at radius 3 is 2.81 bits per heavy atom. The van der Waals surface area contributed by atoms with E-state index in [0.717, 1.165) is 45.3 Å². The molecule has 36 heavy (non-hydrogen) atoms.